The first-order valence-electron chi connectivity index (χ1n) is 6.62. The summed E-state index contributed by atoms with van der Waals surface area (Å²) in [5.74, 6) is 0. The number of thioether (sulfide) groups is 1. The van der Waals surface area contributed by atoms with Gasteiger partial charge in [-0.3, -0.25) is 0 Å². The van der Waals surface area contributed by atoms with Crippen LogP contribution in [0.2, 0.25) is 0 Å². The molecule has 0 aliphatic rings. The van der Waals surface area contributed by atoms with E-state index in [9.17, 15) is 5.26 Å². The molecule has 0 saturated heterocycles. The molecular formula is C17H18N2S. The summed E-state index contributed by atoms with van der Waals surface area (Å²) in [7, 11) is 0. The molecule has 0 atom stereocenters. The smallest absolute Gasteiger partial charge is 0.103 e. The normalized spacial score (nSPS) is 10.1. The Bertz CT molecular complexity index is 644. The summed E-state index contributed by atoms with van der Waals surface area (Å²) in [5.41, 5.74) is 4.08. The third-order valence-electron chi connectivity index (χ3n) is 3.26. The van der Waals surface area contributed by atoms with Crippen molar-refractivity contribution in [2.75, 3.05) is 17.7 Å². The van der Waals surface area contributed by atoms with Gasteiger partial charge < -0.3 is 4.90 Å². The van der Waals surface area contributed by atoms with Crippen LogP contribution in [0, 0.1) is 18.3 Å². The van der Waals surface area contributed by atoms with E-state index in [2.05, 4.69) is 49.1 Å². The van der Waals surface area contributed by atoms with Crippen molar-refractivity contribution in [3.05, 3.63) is 53.6 Å². The summed E-state index contributed by atoms with van der Waals surface area (Å²) in [6.07, 6.45) is 2.00. The first-order chi connectivity index (χ1) is 9.71. The van der Waals surface area contributed by atoms with Gasteiger partial charge in [-0.2, -0.15) is 5.26 Å². The highest BCUT2D eigenvalue weighted by molar-refractivity contribution is 7.98. The first-order valence-corrected chi connectivity index (χ1v) is 7.85. The van der Waals surface area contributed by atoms with Crippen LogP contribution in [0.15, 0.2) is 47.4 Å². The highest BCUT2D eigenvalue weighted by atomic mass is 32.2. The monoisotopic (exact) mass is 282 g/mol. The third kappa shape index (κ3) is 2.81. The molecule has 0 radical (unpaired) electrons. The van der Waals surface area contributed by atoms with Gasteiger partial charge in [0, 0.05) is 17.1 Å². The van der Waals surface area contributed by atoms with Gasteiger partial charge in [0.2, 0.25) is 0 Å². The number of rotatable bonds is 4. The summed E-state index contributed by atoms with van der Waals surface area (Å²) in [4.78, 5) is 3.21. The fourth-order valence-corrected chi connectivity index (χ4v) is 2.88. The van der Waals surface area contributed by atoms with E-state index in [-0.39, 0.29) is 0 Å². The molecular weight excluding hydrogens is 264 g/mol. The van der Waals surface area contributed by atoms with Gasteiger partial charge in [0.25, 0.3) is 0 Å². The molecule has 2 aromatic rings. The van der Waals surface area contributed by atoms with Gasteiger partial charge in [0.1, 0.15) is 6.07 Å². The molecule has 0 aromatic heterocycles. The quantitative estimate of drug-likeness (QED) is 0.757. The van der Waals surface area contributed by atoms with Gasteiger partial charge >= 0.3 is 0 Å². The minimum absolute atomic E-state index is 0.753. The molecule has 0 fully saturated rings. The highest BCUT2D eigenvalue weighted by Gasteiger charge is 2.14. The van der Waals surface area contributed by atoms with Gasteiger partial charge in [0.05, 0.1) is 11.3 Å². The molecule has 3 heteroatoms. The zero-order valence-electron chi connectivity index (χ0n) is 12.1. The van der Waals surface area contributed by atoms with Gasteiger partial charge in [-0.15, -0.1) is 11.8 Å². The number of hydrogen-bond donors (Lipinski definition) is 0. The number of anilines is 2. The standard InChI is InChI=1S/C17H18N2S/c1-4-19(14-8-5-7-13(2)11-14)16-9-6-10-17(20-3)15(16)12-18/h5-11H,4H2,1-3H3. The van der Waals surface area contributed by atoms with Crippen LogP contribution < -0.4 is 4.90 Å². The van der Waals surface area contributed by atoms with Crippen molar-refractivity contribution in [3.8, 4) is 6.07 Å². The Kier molecular flexibility index (Phi) is 4.70. The zero-order valence-corrected chi connectivity index (χ0v) is 12.9. The Labute approximate surface area is 125 Å². The molecule has 0 spiro atoms. The zero-order chi connectivity index (χ0) is 14.5. The van der Waals surface area contributed by atoms with Crippen molar-refractivity contribution in [1.82, 2.24) is 0 Å². The summed E-state index contributed by atoms with van der Waals surface area (Å²) < 4.78 is 0. The number of nitrogens with zero attached hydrogens (tertiary/aromatic N) is 2. The van der Waals surface area contributed by atoms with E-state index < -0.39 is 0 Å². The number of benzene rings is 2. The summed E-state index contributed by atoms with van der Waals surface area (Å²) in [5, 5.41) is 9.49. The van der Waals surface area contributed by atoms with Crippen LogP contribution in [0.4, 0.5) is 11.4 Å². The Morgan fingerprint density at radius 3 is 2.55 bits per heavy atom. The lowest BCUT2D eigenvalue weighted by molar-refractivity contribution is 1.01. The van der Waals surface area contributed by atoms with Crippen molar-refractivity contribution in [1.29, 1.82) is 5.26 Å². The molecule has 0 N–H and O–H groups in total. The molecule has 2 rings (SSSR count). The molecule has 0 saturated carbocycles. The van der Waals surface area contributed by atoms with Crippen molar-refractivity contribution >= 4 is 23.1 Å². The van der Waals surface area contributed by atoms with Crippen molar-refractivity contribution < 1.29 is 0 Å². The van der Waals surface area contributed by atoms with Crippen molar-refractivity contribution in [2.24, 2.45) is 0 Å². The van der Waals surface area contributed by atoms with E-state index in [4.69, 9.17) is 0 Å². The maximum absolute atomic E-state index is 9.49. The molecule has 0 aliphatic carbocycles. The van der Waals surface area contributed by atoms with E-state index in [1.54, 1.807) is 11.8 Å². The third-order valence-corrected chi connectivity index (χ3v) is 4.04. The highest BCUT2D eigenvalue weighted by Crippen LogP contribution is 2.33. The molecule has 0 aliphatic heterocycles. The van der Waals surface area contributed by atoms with Crippen LogP contribution in [0.1, 0.15) is 18.1 Å². The Morgan fingerprint density at radius 1 is 1.20 bits per heavy atom. The van der Waals surface area contributed by atoms with Crippen LogP contribution in [-0.4, -0.2) is 12.8 Å². The minimum atomic E-state index is 0.753. The second kappa shape index (κ2) is 6.49. The second-order valence-corrected chi connectivity index (χ2v) is 5.40. The fourth-order valence-electron chi connectivity index (χ4n) is 2.31. The van der Waals surface area contributed by atoms with Crippen LogP contribution in [0.25, 0.3) is 0 Å². The first kappa shape index (κ1) is 14.5. The van der Waals surface area contributed by atoms with Gasteiger partial charge in [0.15, 0.2) is 0 Å². The van der Waals surface area contributed by atoms with Gasteiger partial charge in [-0.1, -0.05) is 18.2 Å². The number of aryl methyl sites for hydroxylation is 1. The maximum atomic E-state index is 9.49. The van der Waals surface area contributed by atoms with E-state index in [1.807, 2.05) is 24.5 Å². The summed E-state index contributed by atoms with van der Waals surface area (Å²) in [6, 6.07) is 16.8. The Balaban J connectivity index is 2.56. The predicted molar refractivity (Wildman–Crippen MR) is 86.8 cm³/mol. The Morgan fingerprint density at radius 2 is 1.95 bits per heavy atom. The fraction of sp³-hybridized carbons (Fsp3) is 0.235. The SMILES string of the molecule is CCN(c1cccc(C)c1)c1cccc(SC)c1C#N. The lowest BCUT2D eigenvalue weighted by atomic mass is 10.1. The van der Waals surface area contributed by atoms with Gasteiger partial charge in [-0.25, -0.2) is 0 Å². The maximum Gasteiger partial charge on any atom is 0.103 e. The summed E-state index contributed by atoms with van der Waals surface area (Å²) in [6.45, 7) is 5.02. The molecule has 102 valence electrons. The lowest BCUT2D eigenvalue weighted by Gasteiger charge is -2.25. The lowest BCUT2D eigenvalue weighted by Crippen LogP contribution is -2.17. The largest absolute Gasteiger partial charge is 0.341 e. The average Bonchev–Trinajstić information content (AvgIpc) is 2.47. The molecule has 2 aromatic carbocycles. The average molecular weight is 282 g/mol. The van der Waals surface area contributed by atoms with E-state index in [1.165, 1.54) is 5.56 Å². The van der Waals surface area contributed by atoms with Crippen LogP contribution in [-0.2, 0) is 0 Å². The van der Waals surface area contributed by atoms with Crippen molar-refractivity contribution in [2.45, 2.75) is 18.7 Å². The van der Waals surface area contributed by atoms with E-state index >= 15 is 0 Å². The molecule has 0 heterocycles. The van der Waals surface area contributed by atoms with E-state index in [0.717, 1.165) is 28.4 Å². The van der Waals surface area contributed by atoms with Gasteiger partial charge in [-0.05, 0) is 49.9 Å². The van der Waals surface area contributed by atoms with Crippen LogP contribution in [0.5, 0.6) is 0 Å². The number of nitriles is 1. The molecule has 0 unspecified atom stereocenters. The minimum Gasteiger partial charge on any atom is -0.341 e. The topological polar surface area (TPSA) is 27.0 Å². The summed E-state index contributed by atoms with van der Waals surface area (Å²) >= 11 is 1.61. The second-order valence-electron chi connectivity index (χ2n) is 4.55. The molecule has 20 heavy (non-hydrogen) atoms. The van der Waals surface area contributed by atoms with E-state index in [0.29, 0.717) is 0 Å². The molecule has 0 bridgehead atoms. The molecule has 0 amide bonds. The predicted octanol–water partition coefficient (Wildman–Crippen LogP) is 4.75. The Hall–Kier alpha value is -1.92. The van der Waals surface area contributed by atoms with Crippen LogP contribution >= 0.6 is 11.8 Å². The molecule has 2 nitrogen and oxygen atoms in total. The number of hydrogen-bond acceptors (Lipinski definition) is 3. The van der Waals surface area contributed by atoms with Crippen LogP contribution in [0.3, 0.4) is 0 Å². The van der Waals surface area contributed by atoms with Crippen molar-refractivity contribution in [3.63, 3.8) is 0 Å².